The lowest BCUT2D eigenvalue weighted by molar-refractivity contribution is 0.523. The highest BCUT2D eigenvalue weighted by molar-refractivity contribution is 4.98. The number of unbranched alkanes of at least 4 members (excludes halogenated alkanes) is 12. The first-order valence-corrected chi connectivity index (χ1v) is 9.23. The molecule has 0 nitrogen and oxygen atoms in total. The van der Waals surface area contributed by atoms with Crippen LogP contribution in [0, 0.1) is 17.8 Å². The van der Waals surface area contributed by atoms with Gasteiger partial charge in [0.15, 0.2) is 0 Å². The summed E-state index contributed by atoms with van der Waals surface area (Å²) < 4.78 is 0. The van der Waals surface area contributed by atoms with Gasteiger partial charge in [-0.2, -0.15) is 0 Å². The van der Waals surface area contributed by atoms with E-state index >= 15 is 0 Å². The molecule has 0 radical (unpaired) electrons. The van der Waals surface area contributed by atoms with Gasteiger partial charge in [-0.3, -0.25) is 0 Å². The summed E-state index contributed by atoms with van der Waals surface area (Å²) in [6.45, 7) is 6.48. The zero-order valence-corrected chi connectivity index (χ0v) is 14.5. The van der Waals surface area contributed by atoms with E-state index in [0.29, 0.717) is 5.92 Å². The molecule has 0 amide bonds. The molecule has 0 aliphatic rings. The molecule has 20 heavy (non-hydrogen) atoms. The van der Waals surface area contributed by atoms with Gasteiger partial charge in [0.05, 0.1) is 0 Å². The molecule has 0 aromatic heterocycles. The third kappa shape index (κ3) is 15.6. The molecule has 0 bridgehead atoms. The maximum Gasteiger partial charge on any atom is 0.0174 e. The van der Waals surface area contributed by atoms with Crippen LogP contribution in [-0.4, -0.2) is 0 Å². The van der Waals surface area contributed by atoms with Gasteiger partial charge < -0.3 is 0 Å². The number of rotatable bonds is 14. The van der Waals surface area contributed by atoms with Gasteiger partial charge in [-0.1, -0.05) is 97.3 Å². The van der Waals surface area contributed by atoms with Crippen LogP contribution in [0.5, 0.6) is 0 Å². The highest BCUT2D eigenvalue weighted by Gasteiger charge is 1.97. The minimum atomic E-state index is 0.604. The topological polar surface area (TPSA) is 0 Å². The summed E-state index contributed by atoms with van der Waals surface area (Å²) in [5, 5.41) is 0. The van der Waals surface area contributed by atoms with Crippen LogP contribution in [0.25, 0.3) is 0 Å². The van der Waals surface area contributed by atoms with E-state index < -0.39 is 0 Å². The van der Waals surface area contributed by atoms with Crippen LogP contribution < -0.4 is 0 Å². The summed E-state index contributed by atoms with van der Waals surface area (Å²) >= 11 is 0. The molecule has 1 atom stereocenters. The van der Waals surface area contributed by atoms with Crippen molar-refractivity contribution in [1.29, 1.82) is 0 Å². The molecule has 0 aliphatic carbocycles. The average molecular weight is 279 g/mol. The molecule has 1 unspecified atom stereocenters. The molecule has 118 valence electrons. The predicted octanol–water partition coefficient (Wildman–Crippen LogP) is 7.13. The van der Waals surface area contributed by atoms with Gasteiger partial charge >= 0.3 is 0 Å². The van der Waals surface area contributed by atoms with Crippen LogP contribution in [0.15, 0.2) is 0 Å². The van der Waals surface area contributed by atoms with Gasteiger partial charge in [0.1, 0.15) is 0 Å². The van der Waals surface area contributed by atoms with Crippen LogP contribution in [0.4, 0.5) is 0 Å². The molecule has 0 spiro atoms. The van der Waals surface area contributed by atoms with Crippen LogP contribution in [0.2, 0.25) is 0 Å². The predicted molar refractivity (Wildman–Crippen MR) is 92.9 cm³/mol. The second-order valence-electron chi connectivity index (χ2n) is 6.33. The van der Waals surface area contributed by atoms with Crippen molar-refractivity contribution in [2.24, 2.45) is 5.92 Å². The maximum absolute atomic E-state index is 3.24. The highest BCUT2D eigenvalue weighted by Crippen LogP contribution is 2.14. The quantitative estimate of drug-likeness (QED) is 0.234. The number of hydrogen-bond acceptors (Lipinski definition) is 0. The molecule has 0 heteroatoms. The lowest BCUT2D eigenvalue weighted by Crippen LogP contribution is -1.90. The molecule has 0 saturated carbocycles. The Kier molecular flexibility index (Phi) is 16.2. The molecule has 0 heterocycles. The summed E-state index contributed by atoms with van der Waals surface area (Å²) in [4.78, 5) is 0. The maximum atomic E-state index is 3.24. The molecule has 0 aromatic carbocycles. The molecule has 0 aliphatic heterocycles. The Morgan fingerprint density at radius 1 is 0.650 bits per heavy atom. The molecule has 0 saturated heterocycles. The second kappa shape index (κ2) is 16.6. The van der Waals surface area contributed by atoms with Crippen molar-refractivity contribution in [2.45, 2.75) is 111 Å². The van der Waals surface area contributed by atoms with Crippen molar-refractivity contribution in [3.8, 4) is 11.8 Å². The van der Waals surface area contributed by atoms with Gasteiger partial charge in [0.25, 0.3) is 0 Å². The normalized spacial score (nSPS) is 11.9. The van der Waals surface area contributed by atoms with E-state index in [1.807, 2.05) is 6.92 Å². The zero-order valence-electron chi connectivity index (χ0n) is 14.5. The molecule has 0 N–H and O–H groups in total. The Morgan fingerprint density at radius 2 is 1.05 bits per heavy atom. The smallest absolute Gasteiger partial charge is 0.0174 e. The fourth-order valence-electron chi connectivity index (χ4n) is 2.79. The summed E-state index contributed by atoms with van der Waals surface area (Å²) in [5.41, 5.74) is 0. The van der Waals surface area contributed by atoms with E-state index in [0.717, 1.165) is 0 Å². The minimum absolute atomic E-state index is 0.604. The van der Waals surface area contributed by atoms with Gasteiger partial charge in [-0.05, 0) is 13.3 Å². The Balaban J connectivity index is 3.04. The molecule has 0 aromatic rings. The third-order valence-corrected chi connectivity index (χ3v) is 4.13. The Labute approximate surface area is 129 Å². The molecule has 0 rings (SSSR count). The lowest BCUT2D eigenvalue weighted by Gasteiger charge is -2.04. The summed E-state index contributed by atoms with van der Waals surface area (Å²) in [5.74, 6) is 6.86. The average Bonchev–Trinajstić information content (AvgIpc) is 2.44. The monoisotopic (exact) mass is 278 g/mol. The van der Waals surface area contributed by atoms with Crippen LogP contribution in [0.1, 0.15) is 111 Å². The summed E-state index contributed by atoms with van der Waals surface area (Å²) in [7, 11) is 0. The van der Waals surface area contributed by atoms with Crippen LogP contribution >= 0.6 is 0 Å². The molecular weight excluding hydrogens is 240 g/mol. The van der Waals surface area contributed by atoms with Crippen molar-refractivity contribution in [1.82, 2.24) is 0 Å². The van der Waals surface area contributed by atoms with E-state index in [-0.39, 0.29) is 0 Å². The SMILES string of the molecule is CC#CC(C)CCCCCCCCCCCCCCC. The van der Waals surface area contributed by atoms with E-state index in [1.54, 1.807) is 0 Å². The fourth-order valence-corrected chi connectivity index (χ4v) is 2.79. The Bertz CT molecular complexity index is 230. The molecule has 0 fully saturated rings. The standard InChI is InChI=1S/C20H38/c1-4-6-7-8-9-10-11-12-13-14-15-16-17-19-20(3)18-5-2/h20H,4,6-17,19H2,1-3H3. The first-order chi connectivity index (χ1) is 9.81. The Morgan fingerprint density at radius 3 is 1.45 bits per heavy atom. The second-order valence-corrected chi connectivity index (χ2v) is 6.33. The minimum Gasteiger partial charge on any atom is -0.106 e. The van der Waals surface area contributed by atoms with Gasteiger partial charge in [-0.25, -0.2) is 0 Å². The zero-order chi connectivity index (χ0) is 14.9. The first-order valence-electron chi connectivity index (χ1n) is 9.23. The number of hydrogen-bond donors (Lipinski definition) is 0. The largest absolute Gasteiger partial charge is 0.106 e. The van der Waals surface area contributed by atoms with E-state index in [1.165, 1.54) is 89.9 Å². The van der Waals surface area contributed by atoms with E-state index in [9.17, 15) is 0 Å². The van der Waals surface area contributed by atoms with Crippen LogP contribution in [-0.2, 0) is 0 Å². The van der Waals surface area contributed by atoms with Crippen molar-refractivity contribution in [2.75, 3.05) is 0 Å². The highest BCUT2D eigenvalue weighted by atomic mass is 14.0. The van der Waals surface area contributed by atoms with Gasteiger partial charge in [0.2, 0.25) is 0 Å². The molecular formula is C20H38. The fraction of sp³-hybridized carbons (Fsp3) is 0.900. The van der Waals surface area contributed by atoms with Gasteiger partial charge in [0, 0.05) is 5.92 Å². The third-order valence-electron chi connectivity index (χ3n) is 4.13. The lowest BCUT2D eigenvalue weighted by atomic mass is 10.0. The Hall–Kier alpha value is -0.440. The summed E-state index contributed by atoms with van der Waals surface area (Å²) in [6.07, 6.45) is 20.0. The van der Waals surface area contributed by atoms with Crippen LogP contribution in [0.3, 0.4) is 0 Å². The van der Waals surface area contributed by atoms with Crippen molar-refractivity contribution in [3.63, 3.8) is 0 Å². The van der Waals surface area contributed by atoms with E-state index in [2.05, 4.69) is 25.7 Å². The van der Waals surface area contributed by atoms with Crippen molar-refractivity contribution in [3.05, 3.63) is 0 Å². The van der Waals surface area contributed by atoms with Gasteiger partial charge in [-0.15, -0.1) is 11.8 Å². The van der Waals surface area contributed by atoms with Crippen molar-refractivity contribution >= 4 is 0 Å². The summed E-state index contributed by atoms with van der Waals surface area (Å²) in [6, 6.07) is 0. The van der Waals surface area contributed by atoms with Crippen molar-refractivity contribution < 1.29 is 0 Å². The first kappa shape index (κ1) is 19.6. The van der Waals surface area contributed by atoms with E-state index in [4.69, 9.17) is 0 Å².